The lowest BCUT2D eigenvalue weighted by Crippen LogP contribution is -2.07. The fourth-order valence-corrected chi connectivity index (χ4v) is 2.22. The van der Waals surface area contributed by atoms with Crippen LogP contribution >= 0.6 is 0 Å². The lowest BCUT2D eigenvalue weighted by atomic mass is 10.1. The number of pyridine rings is 1. The van der Waals surface area contributed by atoms with Gasteiger partial charge in [0, 0.05) is 18.9 Å². The average Bonchev–Trinajstić information content (AvgIpc) is 2.49. The number of hydrogen-bond donors (Lipinski definition) is 1. The van der Waals surface area contributed by atoms with Crippen molar-refractivity contribution in [1.82, 2.24) is 15.0 Å². The van der Waals surface area contributed by atoms with Gasteiger partial charge in [-0.3, -0.25) is 4.98 Å². The van der Waals surface area contributed by atoms with Crippen molar-refractivity contribution in [1.29, 1.82) is 0 Å². The van der Waals surface area contributed by atoms with Crippen molar-refractivity contribution in [3.8, 4) is 0 Å². The minimum atomic E-state index is -0.195. The molecule has 0 bridgehead atoms. The van der Waals surface area contributed by atoms with Crippen LogP contribution in [0, 0.1) is 12.7 Å². The Hall–Kier alpha value is -2.56. The van der Waals surface area contributed by atoms with Crippen molar-refractivity contribution in [3.63, 3.8) is 0 Å². The zero-order valence-electron chi connectivity index (χ0n) is 11.7. The highest BCUT2D eigenvalue weighted by Gasteiger charge is 2.02. The number of rotatable bonds is 4. The smallest absolute Gasteiger partial charge is 0.180 e. The maximum atomic E-state index is 13.0. The summed E-state index contributed by atoms with van der Waals surface area (Å²) >= 11 is 0. The first-order valence-corrected chi connectivity index (χ1v) is 6.79. The number of aromatic nitrogens is 3. The molecule has 0 unspecified atom stereocenters. The Bertz CT molecular complexity index is 773. The normalized spacial score (nSPS) is 10.8. The van der Waals surface area contributed by atoms with E-state index in [1.807, 2.05) is 25.1 Å². The zero-order chi connectivity index (χ0) is 14.7. The number of halogens is 1. The van der Waals surface area contributed by atoms with Gasteiger partial charge in [-0.25, -0.2) is 14.4 Å². The molecule has 0 saturated carbocycles. The number of aryl methyl sites for hydroxylation is 1. The molecule has 4 nitrogen and oxygen atoms in total. The van der Waals surface area contributed by atoms with Crippen LogP contribution in [-0.4, -0.2) is 21.5 Å². The zero-order valence-corrected chi connectivity index (χ0v) is 11.7. The number of hydrogen-bond acceptors (Lipinski definition) is 4. The second-order valence-corrected chi connectivity index (χ2v) is 4.84. The molecule has 0 aliphatic carbocycles. The summed E-state index contributed by atoms with van der Waals surface area (Å²) in [5.74, 6) is 0.571. The maximum absolute atomic E-state index is 13.0. The van der Waals surface area contributed by atoms with E-state index in [-0.39, 0.29) is 5.82 Å². The molecule has 0 fully saturated rings. The topological polar surface area (TPSA) is 50.7 Å². The van der Waals surface area contributed by atoms with Crippen LogP contribution in [0.4, 0.5) is 10.2 Å². The van der Waals surface area contributed by atoms with Crippen LogP contribution in [0.5, 0.6) is 0 Å². The van der Waals surface area contributed by atoms with Crippen LogP contribution in [0.15, 0.2) is 42.7 Å². The third kappa shape index (κ3) is 3.13. The summed E-state index contributed by atoms with van der Waals surface area (Å²) in [5.41, 5.74) is 3.50. The molecule has 1 N–H and O–H groups in total. The highest BCUT2D eigenvalue weighted by atomic mass is 19.1. The third-order valence-corrected chi connectivity index (χ3v) is 3.34. The molecule has 21 heavy (non-hydrogen) atoms. The summed E-state index contributed by atoms with van der Waals surface area (Å²) in [7, 11) is 0. The van der Waals surface area contributed by atoms with E-state index in [0.717, 1.165) is 35.4 Å². The molecule has 0 spiro atoms. The fourth-order valence-electron chi connectivity index (χ4n) is 2.22. The molecule has 5 heteroatoms. The molecule has 3 rings (SSSR count). The predicted octanol–water partition coefficient (Wildman–Crippen LogP) is 3.13. The van der Waals surface area contributed by atoms with Gasteiger partial charge in [-0.1, -0.05) is 6.07 Å². The molecule has 106 valence electrons. The van der Waals surface area contributed by atoms with Crippen molar-refractivity contribution < 1.29 is 4.39 Å². The van der Waals surface area contributed by atoms with Crippen LogP contribution in [0.2, 0.25) is 0 Å². The van der Waals surface area contributed by atoms with E-state index in [0.29, 0.717) is 5.65 Å². The van der Waals surface area contributed by atoms with Crippen molar-refractivity contribution >= 4 is 17.0 Å². The van der Waals surface area contributed by atoms with Gasteiger partial charge in [0.2, 0.25) is 0 Å². The van der Waals surface area contributed by atoms with Crippen LogP contribution < -0.4 is 5.32 Å². The first-order chi connectivity index (χ1) is 10.2. The molecule has 0 amide bonds. The van der Waals surface area contributed by atoms with Crippen molar-refractivity contribution in [2.75, 3.05) is 11.9 Å². The minimum absolute atomic E-state index is 0.195. The molecule has 2 heterocycles. The Balaban J connectivity index is 1.66. The second-order valence-electron chi connectivity index (χ2n) is 4.84. The van der Waals surface area contributed by atoms with E-state index in [9.17, 15) is 4.39 Å². The maximum Gasteiger partial charge on any atom is 0.180 e. The van der Waals surface area contributed by atoms with E-state index in [2.05, 4.69) is 20.3 Å². The molecule has 1 aromatic carbocycles. The molecule has 3 aromatic rings. The Morgan fingerprint density at radius 3 is 2.81 bits per heavy atom. The summed E-state index contributed by atoms with van der Waals surface area (Å²) < 4.78 is 13.0. The fraction of sp³-hybridized carbons (Fsp3) is 0.188. The first-order valence-electron chi connectivity index (χ1n) is 6.79. The lowest BCUT2D eigenvalue weighted by molar-refractivity contribution is 0.625. The first kappa shape index (κ1) is 13.4. The van der Waals surface area contributed by atoms with E-state index >= 15 is 0 Å². The molecule has 0 radical (unpaired) electrons. The Morgan fingerprint density at radius 2 is 1.95 bits per heavy atom. The Labute approximate surface area is 122 Å². The van der Waals surface area contributed by atoms with Gasteiger partial charge in [0.25, 0.3) is 0 Å². The van der Waals surface area contributed by atoms with E-state index in [1.165, 1.54) is 6.07 Å². The second kappa shape index (κ2) is 5.83. The van der Waals surface area contributed by atoms with Crippen LogP contribution in [0.1, 0.15) is 11.1 Å². The van der Waals surface area contributed by atoms with Crippen LogP contribution in [-0.2, 0) is 6.42 Å². The number of nitrogens with zero attached hydrogens (tertiary/aromatic N) is 3. The highest BCUT2D eigenvalue weighted by Crippen LogP contribution is 2.13. The average molecular weight is 282 g/mol. The summed E-state index contributed by atoms with van der Waals surface area (Å²) in [6.45, 7) is 2.65. The Morgan fingerprint density at radius 1 is 1.10 bits per heavy atom. The van der Waals surface area contributed by atoms with Gasteiger partial charge in [-0.2, -0.15) is 0 Å². The third-order valence-electron chi connectivity index (χ3n) is 3.34. The van der Waals surface area contributed by atoms with Crippen molar-refractivity contribution in [3.05, 3.63) is 59.7 Å². The Kier molecular flexibility index (Phi) is 3.73. The summed E-state index contributed by atoms with van der Waals surface area (Å²) in [4.78, 5) is 12.8. The molecule has 0 atom stereocenters. The van der Waals surface area contributed by atoms with Crippen molar-refractivity contribution in [2.24, 2.45) is 0 Å². The van der Waals surface area contributed by atoms with E-state index < -0.39 is 0 Å². The van der Waals surface area contributed by atoms with Gasteiger partial charge in [0.05, 0.1) is 0 Å². The molecular weight excluding hydrogens is 267 g/mol. The largest absolute Gasteiger partial charge is 0.370 e. The monoisotopic (exact) mass is 282 g/mol. The van der Waals surface area contributed by atoms with Gasteiger partial charge in [-0.15, -0.1) is 0 Å². The summed E-state index contributed by atoms with van der Waals surface area (Å²) in [6.07, 6.45) is 4.09. The predicted molar refractivity (Wildman–Crippen MR) is 80.7 cm³/mol. The van der Waals surface area contributed by atoms with Gasteiger partial charge in [-0.05, 0) is 48.7 Å². The lowest BCUT2D eigenvalue weighted by Gasteiger charge is -2.08. The molecule has 0 saturated heterocycles. The van der Waals surface area contributed by atoms with Crippen LogP contribution in [0.3, 0.4) is 0 Å². The number of anilines is 1. The molecule has 0 aliphatic heterocycles. The van der Waals surface area contributed by atoms with Gasteiger partial charge >= 0.3 is 0 Å². The highest BCUT2D eigenvalue weighted by molar-refractivity contribution is 5.71. The summed E-state index contributed by atoms with van der Waals surface area (Å²) in [5, 5.41) is 3.25. The molecule has 0 aliphatic rings. The van der Waals surface area contributed by atoms with Gasteiger partial charge in [0.15, 0.2) is 5.65 Å². The quantitative estimate of drug-likeness (QED) is 0.798. The standard InChI is InChI=1S/C16H15FN4/c1-11-10-13(17)3-2-12(11)6-7-19-15-5-4-14-16(21-15)20-9-8-18-14/h2-5,8-10H,6-7H2,1H3,(H,19,20,21). The van der Waals surface area contributed by atoms with E-state index in [1.54, 1.807) is 18.5 Å². The molecule has 2 aromatic heterocycles. The summed E-state index contributed by atoms with van der Waals surface area (Å²) in [6, 6.07) is 8.65. The number of benzene rings is 1. The van der Waals surface area contributed by atoms with Crippen LogP contribution in [0.25, 0.3) is 11.2 Å². The number of fused-ring (bicyclic) bond motifs is 1. The van der Waals surface area contributed by atoms with Gasteiger partial charge < -0.3 is 5.32 Å². The number of nitrogens with one attached hydrogen (secondary N) is 1. The van der Waals surface area contributed by atoms with Crippen molar-refractivity contribution in [2.45, 2.75) is 13.3 Å². The molecular formula is C16H15FN4. The van der Waals surface area contributed by atoms with E-state index in [4.69, 9.17) is 0 Å². The minimum Gasteiger partial charge on any atom is -0.370 e. The SMILES string of the molecule is Cc1cc(F)ccc1CCNc1ccc2nccnc2n1. The van der Waals surface area contributed by atoms with Gasteiger partial charge in [0.1, 0.15) is 17.2 Å².